The molecule has 2 amide bonds. The zero-order valence-corrected chi connectivity index (χ0v) is 13.6. The standard InChI is InChI=1S/C16H22N2O2S/c1-16(2,3)21-11-14(19)17-12-6-4-7-13(10-12)18-9-5-8-15(18)20/h4,6-7,10H,5,8-9,11H2,1-3H3,(H,17,19). The molecule has 21 heavy (non-hydrogen) atoms. The van der Waals surface area contributed by atoms with E-state index in [1.54, 1.807) is 16.7 Å². The van der Waals surface area contributed by atoms with Gasteiger partial charge in [0.25, 0.3) is 0 Å². The van der Waals surface area contributed by atoms with Gasteiger partial charge >= 0.3 is 0 Å². The molecule has 1 aliphatic rings. The van der Waals surface area contributed by atoms with E-state index >= 15 is 0 Å². The smallest absolute Gasteiger partial charge is 0.234 e. The van der Waals surface area contributed by atoms with Crippen LogP contribution < -0.4 is 10.2 Å². The SMILES string of the molecule is CC(C)(C)SCC(=O)Nc1cccc(N2CCCC2=O)c1. The van der Waals surface area contributed by atoms with Crippen molar-refractivity contribution < 1.29 is 9.59 Å². The van der Waals surface area contributed by atoms with Crippen LogP contribution >= 0.6 is 11.8 Å². The van der Waals surface area contributed by atoms with Gasteiger partial charge in [-0.3, -0.25) is 9.59 Å². The van der Waals surface area contributed by atoms with E-state index in [-0.39, 0.29) is 16.6 Å². The number of nitrogens with one attached hydrogen (secondary N) is 1. The highest BCUT2D eigenvalue weighted by Crippen LogP contribution is 2.25. The maximum atomic E-state index is 11.9. The molecule has 1 N–H and O–H groups in total. The van der Waals surface area contributed by atoms with Gasteiger partial charge in [0, 0.05) is 29.1 Å². The highest BCUT2D eigenvalue weighted by molar-refractivity contribution is 8.01. The van der Waals surface area contributed by atoms with Gasteiger partial charge in [-0.05, 0) is 24.6 Å². The van der Waals surface area contributed by atoms with Gasteiger partial charge in [0.1, 0.15) is 0 Å². The molecule has 5 heteroatoms. The Labute approximate surface area is 130 Å². The molecule has 1 saturated heterocycles. The molecule has 114 valence electrons. The normalized spacial score (nSPS) is 15.4. The van der Waals surface area contributed by atoms with E-state index in [1.807, 2.05) is 24.3 Å². The number of carbonyl (C=O) groups excluding carboxylic acids is 2. The fourth-order valence-electron chi connectivity index (χ4n) is 2.15. The number of hydrogen-bond donors (Lipinski definition) is 1. The van der Waals surface area contributed by atoms with E-state index in [1.165, 1.54) is 0 Å². The molecule has 0 aromatic heterocycles. The molecule has 0 radical (unpaired) electrons. The van der Waals surface area contributed by atoms with E-state index in [0.717, 1.165) is 24.3 Å². The van der Waals surface area contributed by atoms with Crippen LogP contribution in [0.2, 0.25) is 0 Å². The summed E-state index contributed by atoms with van der Waals surface area (Å²) < 4.78 is 0.0706. The third-order valence-corrected chi connectivity index (χ3v) is 4.42. The predicted octanol–water partition coefficient (Wildman–Crippen LogP) is 3.28. The Balaban J connectivity index is 1.98. The maximum absolute atomic E-state index is 11.9. The van der Waals surface area contributed by atoms with Crippen molar-refractivity contribution in [1.82, 2.24) is 0 Å². The highest BCUT2D eigenvalue weighted by atomic mass is 32.2. The van der Waals surface area contributed by atoms with Gasteiger partial charge in [0.2, 0.25) is 11.8 Å². The first-order valence-corrected chi connectivity index (χ1v) is 8.18. The summed E-state index contributed by atoms with van der Waals surface area (Å²) in [5, 5.41) is 2.90. The second kappa shape index (κ2) is 6.52. The van der Waals surface area contributed by atoms with E-state index in [9.17, 15) is 9.59 Å². The van der Waals surface area contributed by atoms with Crippen LogP contribution in [-0.2, 0) is 9.59 Å². The zero-order valence-electron chi connectivity index (χ0n) is 12.8. The van der Waals surface area contributed by atoms with Gasteiger partial charge in [-0.2, -0.15) is 0 Å². The lowest BCUT2D eigenvalue weighted by Gasteiger charge is -2.18. The van der Waals surface area contributed by atoms with Crippen molar-refractivity contribution in [1.29, 1.82) is 0 Å². The summed E-state index contributed by atoms with van der Waals surface area (Å²) in [5.74, 6) is 0.567. The molecule has 1 heterocycles. The molecule has 0 atom stereocenters. The molecular formula is C16H22N2O2S. The van der Waals surface area contributed by atoms with Crippen LogP contribution in [0.15, 0.2) is 24.3 Å². The second-order valence-corrected chi connectivity index (χ2v) is 7.95. The predicted molar refractivity (Wildman–Crippen MR) is 88.9 cm³/mol. The molecule has 1 aromatic rings. The van der Waals surface area contributed by atoms with Crippen molar-refractivity contribution >= 4 is 35.0 Å². The Bertz CT molecular complexity index is 537. The van der Waals surface area contributed by atoms with Crippen LogP contribution in [0.4, 0.5) is 11.4 Å². The quantitative estimate of drug-likeness (QED) is 0.928. The van der Waals surface area contributed by atoms with Gasteiger partial charge in [0.05, 0.1) is 5.75 Å². The maximum Gasteiger partial charge on any atom is 0.234 e. The topological polar surface area (TPSA) is 49.4 Å². The van der Waals surface area contributed by atoms with Gasteiger partial charge in [0.15, 0.2) is 0 Å². The Morgan fingerprint density at radius 2 is 2.14 bits per heavy atom. The molecular weight excluding hydrogens is 284 g/mol. The van der Waals surface area contributed by atoms with Crippen molar-refractivity contribution in [2.45, 2.75) is 38.4 Å². The summed E-state index contributed by atoms with van der Waals surface area (Å²) in [4.78, 5) is 25.5. The molecule has 0 saturated carbocycles. The average molecular weight is 306 g/mol. The van der Waals surface area contributed by atoms with E-state index in [0.29, 0.717) is 12.2 Å². The zero-order chi connectivity index (χ0) is 15.5. The van der Waals surface area contributed by atoms with Gasteiger partial charge < -0.3 is 10.2 Å². The molecule has 4 nitrogen and oxygen atoms in total. The number of thioether (sulfide) groups is 1. The summed E-state index contributed by atoms with van der Waals surface area (Å²) in [6.45, 7) is 7.02. The van der Waals surface area contributed by atoms with E-state index < -0.39 is 0 Å². The number of nitrogens with zero attached hydrogens (tertiary/aromatic N) is 1. The Hall–Kier alpha value is -1.49. The average Bonchev–Trinajstić information content (AvgIpc) is 2.82. The summed E-state index contributed by atoms with van der Waals surface area (Å²) >= 11 is 1.61. The van der Waals surface area contributed by atoms with Crippen LogP contribution in [-0.4, -0.2) is 28.9 Å². The third kappa shape index (κ3) is 4.77. The summed E-state index contributed by atoms with van der Waals surface area (Å²) in [6, 6.07) is 7.49. The first-order valence-electron chi connectivity index (χ1n) is 7.19. The van der Waals surface area contributed by atoms with Crippen molar-refractivity contribution in [3.8, 4) is 0 Å². The number of carbonyl (C=O) groups is 2. The van der Waals surface area contributed by atoms with Gasteiger partial charge in [-0.25, -0.2) is 0 Å². The first kappa shape index (κ1) is 15.9. The van der Waals surface area contributed by atoms with Gasteiger partial charge in [-0.1, -0.05) is 26.8 Å². The lowest BCUT2D eigenvalue weighted by atomic mass is 10.2. The second-order valence-electron chi connectivity index (χ2n) is 6.15. The van der Waals surface area contributed by atoms with Crippen LogP contribution in [0.3, 0.4) is 0 Å². The number of benzene rings is 1. The van der Waals surface area contributed by atoms with Crippen molar-refractivity contribution in [3.05, 3.63) is 24.3 Å². The minimum atomic E-state index is -0.0141. The molecule has 0 bridgehead atoms. The Morgan fingerprint density at radius 3 is 2.76 bits per heavy atom. The Morgan fingerprint density at radius 1 is 1.38 bits per heavy atom. The minimum absolute atomic E-state index is 0.0141. The Kier molecular flexibility index (Phi) is 4.93. The van der Waals surface area contributed by atoms with Crippen LogP contribution in [0.5, 0.6) is 0 Å². The monoisotopic (exact) mass is 306 g/mol. The van der Waals surface area contributed by atoms with E-state index in [4.69, 9.17) is 0 Å². The lowest BCUT2D eigenvalue weighted by Crippen LogP contribution is -2.24. The highest BCUT2D eigenvalue weighted by Gasteiger charge is 2.21. The molecule has 1 aromatic carbocycles. The first-order chi connectivity index (χ1) is 9.85. The van der Waals surface area contributed by atoms with Crippen molar-refractivity contribution in [2.24, 2.45) is 0 Å². The van der Waals surface area contributed by atoms with Crippen molar-refractivity contribution in [2.75, 3.05) is 22.5 Å². The minimum Gasteiger partial charge on any atom is -0.325 e. The molecule has 1 fully saturated rings. The summed E-state index contributed by atoms with van der Waals surface area (Å²) in [5.41, 5.74) is 1.60. The number of rotatable bonds is 4. The van der Waals surface area contributed by atoms with E-state index in [2.05, 4.69) is 26.1 Å². The fraction of sp³-hybridized carbons (Fsp3) is 0.500. The lowest BCUT2D eigenvalue weighted by molar-refractivity contribution is -0.117. The number of amides is 2. The molecule has 0 spiro atoms. The largest absolute Gasteiger partial charge is 0.325 e. The fourth-order valence-corrected chi connectivity index (χ4v) is 2.79. The van der Waals surface area contributed by atoms with Crippen molar-refractivity contribution in [3.63, 3.8) is 0 Å². The summed E-state index contributed by atoms with van der Waals surface area (Å²) in [6.07, 6.45) is 1.51. The summed E-state index contributed by atoms with van der Waals surface area (Å²) in [7, 11) is 0. The van der Waals surface area contributed by atoms with Crippen LogP contribution in [0.25, 0.3) is 0 Å². The molecule has 2 rings (SSSR count). The van der Waals surface area contributed by atoms with Crippen LogP contribution in [0, 0.1) is 0 Å². The number of hydrogen-bond acceptors (Lipinski definition) is 3. The van der Waals surface area contributed by atoms with Crippen LogP contribution in [0.1, 0.15) is 33.6 Å². The molecule has 0 unspecified atom stereocenters. The third-order valence-electron chi connectivity index (χ3n) is 3.15. The molecule has 1 aliphatic heterocycles. The number of anilines is 2. The van der Waals surface area contributed by atoms with Gasteiger partial charge in [-0.15, -0.1) is 11.8 Å². The molecule has 0 aliphatic carbocycles.